The first-order chi connectivity index (χ1) is 12.8. The Morgan fingerprint density at radius 2 is 2.00 bits per heavy atom. The van der Waals surface area contributed by atoms with E-state index in [-0.39, 0.29) is 12.6 Å². The van der Waals surface area contributed by atoms with Crippen molar-refractivity contribution in [2.75, 3.05) is 6.54 Å². The molecule has 1 aliphatic rings. The number of esters is 1. The third-order valence-corrected chi connectivity index (χ3v) is 5.70. The molecule has 1 atom stereocenters. The van der Waals surface area contributed by atoms with Gasteiger partial charge in [0.1, 0.15) is 6.54 Å². The SMILES string of the molecule is CC[C@@H](C)OC(=O)CN1C(=O)S/C(=C\c2c(C)n(C)c3ccccc23)C1=O. The Bertz CT molecular complexity index is 960. The smallest absolute Gasteiger partial charge is 0.326 e. The second-order valence-electron chi connectivity index (χ2n) is 6.55. The van der Waals surface area contributed by atoms with Gasteiger partial charge >= 0.3 is 5.97 Å². The molecule has 2 heterocycles. The van der Waals surface area contributed by atoms with Crippen molar-refractivity contribution in [3.8, 4) is 0 Å². The molecule has 6 nitrogen and oxygen atoms in total. The highest BCUT2D eigenvalue weighted by molar-refractivity contribution is 8.18. The molecule has 1 fully saturated rings. The second kappa shape index (κ2) is 7.60. The normalized spacial score (nSPS) is 17.2. The maximum absolute atomic E-state index is 12.7. The third-order valence-electron chi connectivity index (χ3n) is 4.79. The Hall–Kier alpha value is -2.54. The van der Waals surface area contributed by atoms with Crippen molar-refractivity contribution >= 4 is 45.9 Å². The van der Waals surface area contributed by atoms with Gasteiger partial charge in [-0.1, -0.05) is 25.1 Å². The van der Waals surface area contributed by atoms with Crippen LogP contribution in [0.3, 0.4) is 0 Å². The third kappa shape index (κ3) is 3.64. The molecule has 2 aromatic rings. The molecule has 1 aromatic heterocycles. The zero-order valence-electron chi connectivity index (χ0n) is 15.8. The van der Waals surface area contributed by atoms with Gasteiger partial charge in [-0.15, -0.1) is 0 Å². The molecule has 0 bridgehead atoms. The lowest BCUT2D eigenvalue weighted by Crippen LogP contribution is -2.35. The number of rotatable bonds is 5. The van der Waals surface area contributed by atoms with Crippen molar-refractivity contribution in [2.24, 2.45) is 7.05 Å². The van der Waals surface area contributed by atoms with Crippen LogP contribution < -0.4 is 0 Å². The lowest BCUT2D eigenvalue weighted by Gasteiger charge is -2.14. The van der Waals surface area contributed by atoms with Crippen molar-refractivity contribution in [3.63, 3.8) is 0 Å². The summed E-state index contributed by atoms with van der Waals surface area (Å²) < 4.78 is 7.23. The molecule has 0 spiro atoms. The number of ether oxygens (including phenoxy) is 1. The van der Waals surface area contributed by atoms with Crippen molar-refractivity contribution in [3.05, 3.63) is 40.4 Å². The van der Waals surface area contributed by atoms with E-state index in [4.69, 9.17) is 4.74 Å². The van der Waals surface area contributed by atoms with Crippen LogP contribution in [0.4, 0.5) is 4.79 Å². The molecule has 2 amide bonds. The Morgan fingerprint density at radius 3 is 2.70 bits per heavy atom. The first-order valence-electron chi connectivity index (χ1n) is 8.82. The second-order valence-corrected chi connectivity index (χ2v) is 7.55. The van der Waals surface area contributed by atoms with E-state index in [0.29, 0.717) is 11.3 Å². The van der Waals surface area contributed by atoms with Crippen molar-refractivity contribution in [1.29, 1.82) is 0 Å². The molecule has 1 saturated heterocycles. The van der Waals surface area contributed by atoms with E-state index < -0.39 is 17.1 Å². The van der Waals surface area contributed by atoms with E-state index in [9.17, 15) is 14.4 Å². The number of carbonyl (C=O) groups excluding carboxylic acids is 3. The summed E-state index contributed by atoms with van der Waals surface area (Å²) in [6.45, 7) is 5.28. The van der Waals surface area contributed by atoms with Gasteiger partial charge in [0.15, 0.2) is 0 Å². The number of aromatic nitrogens is 1. The topological polar surface area (TPSA) is 68.6 Å². The number of fused-ring (bicyclic) bond motifs is 1. The lowest BCUT2D eigenvalue weighted by molar-refractivity contribution is -0.150. The fourth-order valence-electron chi connectivity index (χ4n) is 2.97. The number of thioether (sulfide) groups is 1. The summed E-state index contributed by atoms with van der Waals surface area (Å²) in [7, 11) is 1.96. The summed E-state index contributed by atoms with van der Waals surface area (Å²) in [5, 5.41) is 0.561. The molecule has 3 rings (SSSR count). The van der Waals surface area contributed by atoms with E-state index in [1.165, 1.54) is 0 Å². The highest BCUT2D eigenvalue weighted by atomic mass is 32.2. The quantitative estimate of drug-likeness (QED) is 0.576. The van der Waals surface area contributed by atoms with E-state index in [1.54, 1.807) is 13.0 Å². The Morgan fingerprint density at radius 1 is 1.30 bits per heavy atom. The largest absolute Gasteiger partial charge is 0.461 e. The summed E-state index contributed by atoms with van der Waals surface area (Å²) in [5.41, 5.74) is 2.96. The van der Waals surface area contributed by atoms with Crippen LogP contribution in [0.25, 0.3) is 17.0 Å². The van der Waals surface area contributed by atoms with Gasteiger partial charge in [0.2, 0.25) is 0 Å². The Balaban J connectivity index is 1.87. The van der Waals surface area contributed by atoms with E-state index in [1.807, 2.05) is 45.2 Å². The first-order valence-corrected chi connectivity index (χ1v) is 9.64. The maximum Gasteiger partial charge on any atom is 0.326 e. The van der Waals surface area contributed by atoms with Gasteiger partial charge in [0, 0.05) is 29.2 Å². The number of para-hydroxylation sites is 1. The fraction of sp³-hybridized carbons (Fsp3) is 0.350. The van der Waals surface area contributed by atoms with Crippen LogP contribution in [0.2, 0.25) is 0 Å². The summed E-state index contributed by atoms with van der Waals surface area (Å²) in [6, 6.07) is 7.90. The van der Waals surface area contributed by atoms with Gasteiger partial charge in [-0.25, -0.2) is 0 Å². The van der Waals surface area contributed by atoms with Crippen molar-refractivity contribution in [1.82, 2.24) is 9.47 Å². The molecule has 27 heavy (non-hydrogen) atoms. The van der Waals surface area contributed by atoms with Crippen LogP contribution in [0.5, 0.6) is 0 Å². The average Bonchev–Trinajstić information content (AvgIpc) is 3.05. The molecule has 0 radical (unpaired) electrons. The number of hydrogen-bond donors (Lipinski definition) is 0. The van der Waals surface area contributed by atoms with Gasteiger partial charge in [-0.3, -0.25) is 19.3 Å². The number of aryl methyl sites for hydroxylation is 1. The summed E-state index contributed by atoms with van der Waals surface area (Å²) in [5.74, 6) is -1.03. The Labute approximate surface area is 162 Å². The molecular formula is C20H22N2O4S. The molecule has 0 unspecified atom stereocenters. The van der Waals surface area contributed by atoms with Crippen LogP contribution in [0.1, 0.15) is 31.5 Å². The highest BCUT2D eigenvalue weighted by Crippen LogP contribution is 2.35. The molecule has 0 saturated carbocycles. The van der Waals surface area contributed by atoms with Crippen molar-refractivity contribution in [2.45, 2.75) is 33.3 Å². The number of imide groups is 1. The molecule has 142 valence electrons. The molecule has 7 heteroatoms. The first kappa shape index (κ1) is 19.2. The minimum Gasteiger partial charge on any atom is -0.461 e. The summed E-state index contributed by atoms with van der Waals surface area (Å²) in [6.07, 6.45) is 2.17. The zero-order chi connectivity index (χ0) is 19.7. The van der Waals surface area contributed by atoms with E-state index in [2.05, 4.69) is 4.57 Å². The number of nitrogens with zero attached hydrogens (tertiary/aromatic N) is 2. The van der Waals surface area contributed by atoms with Gasteiger partial charge in [0.25, 0.3) is 11.1 Å². The van der Waals surface area contributed by atoms with Crippen LogP contribution >= 0.6 is 11.8 Å². The molecule has 1 aliphatic heterocycles. The molecule has 0 N–H and O–H groups in total. The molecular weight excluding hydrogens is 364 g/mol. The van der Waals surface area contributed by atoms with E-state index in [0.717, 1.165) is 38.8 Å². The fourth-order valence-corrected chi connectivity index (χ4v) is 3.79. The van der Waals surface area contributed by atoms with Gasteiger partial charge < -0.3 is 9.30 Å². The van der Waals surface area contributed by atoms with E-state index >= 15 is 0 Å². The standard InChI is InChI=1S/C20H22N2O4S/c1-5-12(2)26-18(23)11-22-19(24)17(27-20(22)25)10-15-13(3)21(4)16-9-7-6-8-14(15)16/h6-10,12H,5,11H2,1-4H3/b17-10-/t12-/m1/s1. The lowest BCUT2D eigenvalue weighted by atomic mass is 10.1. The number of benzene rings is 1. The van der Waals surface area contributed by atoms with Crippen LogP contribution in [0, 0.1) is 6.92 Å². The van der Waals surface area contributed by atoms with Gasteiger partial charge in [-0.05, 0) is 44.2 Å². The van der Waals surface area contributed by atoms with Crippen LogP contribution in [-0.2, 0) is 21.4 Å². The minimum atomic E-state index is -0.575. The maximum atomic E-state index is 12.7. The average molecular weight is 386 g/mol. The summed E-state index contributed by atoms with van der Waals surface area (Å²) >= 11 is 0.851. The summed E-state index contributed by atoms with van der Waals surface area (Å²) in [4.78, 5) is 38.1. The number of hydrogen-bond acceptors (Lipinski definition) is 5. The molecule has 1 aromatic carbocycles. The monoisotopic (exact) mass is 386 g/mol. The Kier molecular flexibility index (Phi) is 5.41. The van der Waals surface area contributed by atoms with Gasteiger partial charge in [0.05, 0.1) is 11.0 Å². The highest BCUT2D eigenvalue weighted by Gasteiger charge is 2.37. The number of carbonyl (C=O) groups is 3. The number of amides is 2. The van der Waals surface area contributed by atoms with Gasteiger partial charge in [-0.2, -0.15) is 0 Å². The van der Waals surface area contributed by atoms with Crippen molar-refractivity contribution < 1.29 is 19.1 Å². The zero-order valence-corrected chi connectivity index (χ0v) is 16.6. The van der Waals surface area contributed by atoms with Crippen LogP contribution in [-0.4, -0.2) is 39.2 Å². The van der Waals surface area contributed by atoms with Crippen LogP contribution in [0.15, 0.2) is 29.2 Å². The predicted octanol–water partition coefficient (Wildman–Crippen LogP) is 3.86. The minimum absolute atomic E-state index is 0.244. The predicted molar refractivity (Wildman–Crippen MR) is 106 cm³/mol. The molecule has 0 aliphatic carbocycles.